The van der Waals surface area contributed by atoms with Crippen molar-refractivity contribution in [3.8, 4) is 6.07 Å². The Labute approximate surface area is 142 Å². The molecule has 6 heteroatoms. The topological polar surface area (TPSA) is 57.2 Å². The van der Waals surface area contributed by atoms with Gasteiger partial charge >= 0.3 is 0 Å². The van der Waals surface area contributed by atoms with Gasteiger partial charge in [-0.25, -0.2) is 0 Å². The third-order valence-electron chi connectivity index (χ3n) is 3.13. The number of carbonyl (C=O) groups is 1. The fourth-order valence-electron chi connectivity index (χ4n) is 2.11. The highest BCUT2D eigenvalue weighted by atomic mass is 79.9. The van der Waals surface area contributed by atoms with Crippen LogP contribution in [-0.4, -0.2) is 23.2 Å². The van der Waals surface area contributed by atoms with Gasteiger partial charge in [0, 0.05) is 12.4 Å². The Hall–Kier alpha value is -1.77. The van der Waals surface area contributed by atoms with E-state index in [2.05, 4.69) is 22.0 Å². The number of furan rings is 1. The van der Waals surface area contributed by atoms with E-state index >= 15 is 0 Å². The lowest BCUT2D eigenvalue weighted by molar-refractivity contribution is 0.0683. The van der Waals surface area contributed by atoms with Crippen LogP contribution in [0.1, 0.15) is 28.6 Å². The average molecular weight is 382 g/mol. The summed E-state index contributed by atoms with van der Waals surface area (Å²) in [5.41, 5.74) is 0.763. The van der Waals surface area contributed by atoms with Crippen LogP contribution >= 0.6 is 27.5 Å². The van der Waals surface area contributed by atoms with E-state index in [4.69, 9.17) is 16.0 Å². The number of nitriles is 1. The maximum absolute atomic E-state index is 12.7. The van der Waals surface area contributed by atoms with Crippen LogP contribution in [0.3, 0.4) is 0 Å². The first-order chi connectivity index (χ1) is 10.7. The molecule has 0 spiro atoms. The molecule has 0 aliphatic carbocycles. The normalized spacial score (nSPS) is 11.7. The summed E-state index contributed by atoms with van der Waals surface area (Å²) in [6.45, 7) is 0.383. The van der Waals surface area contributed by atoms with E-state index in [1.165, 1.54) is 4.90 Å². The summed E-state index contributed by atoms with van der Waals surface area (Å²) in [5, 5.41) is 9.53. The number of nitrogens with zero attached hydrogens (tertiary/aromatic N) is 2. The first-order valence-corrected chi connectivity index (χ1v) is 8.07. The van der Waals surface area contributed by atoms with Gasteiger partial charge in [-0.05, 0) is 40.0 Å². The molecule has 0 saturated heterocycles. The summed E-state index contributed by atoms with van der Waals surface area (Å²) in [6, 6.07) is 13.9. The van der Waals surface area contributed by atoms with Gasteiger partial charge < -0.3 is 9.32 Å². The van der Waals surface area contributed by atoms with Gasteiger partial charge in [0.1, 0.15) is 6.04 Å². The molecule has 0 bridgehead atoms. The molecule has 1 aromatic carbocycles. The van der Waals surface area contributed by atoms with E-state index in [0.29, 0.717) is 23.5 Å². The highest BCUT2D eigenvalue weighted by Crippen LogP contribution is 2.24. The van der Waals surface area contributed by atoms with Gasteiger partial charge in [-0.15, -0.1) is 11.6 Å². The Bertz CT molecular complexity index is 666. The van der Waals surface area contributed by atoms with Crippen molar-refractivity contribution in [2.24, 2.45) is 0 Å². The molecule has 4 nitrogen and oxygen atoms in total. The smallest absolute Gasteiger partial charge is 0.290 e. The van der Waals surface area contributed by atoms with Crippen LogP contribution < -0.4 is 0 Å². The van der Waals surface area contributed by atoms with E-state index in [1.807, 2.05) is 30.3 Å². The summed E-state index contributed by atoms with van der Waals surface area (Å²) >= 11 is 8.92. The molecule has 1 amide bonds. The van der Waals surface area contributed by atoms with E-state index in [1.54, 1.807) is 12.1 Å². The zero-order valence-electron chi connectivity index (χ0n) is 11.7. The van der Waals surface area contributed by atoms with Crippen molar-refractivity contribution in [2.45, 2.75) is 12.5 Å². The van der Waals surface area contributed by atoms with Gasteiger partial charge in [-0.1, -0.05) is 30.3 Å². The second-order valence-corrected chi connectivity index (χ2v) is 5.75. The van der Waals surface area contributed by atoms with Crippen LogP contribution in [0.4, 0.5) is 0 Å². The molecule has 2 aromatic rings. The summed E-state index contributed by atoms with van der Waals surface area (Å²) < 4.78 is 5.79. The molecular formula is C16H14BrClN2O2. The Morgan fingerprint density at radius 3 is 2.59 bits per heavy atom. The van der Waals surface area contributed by atoms with Crippen molar-refractivity contribution in [1.29, 1.82) is 5.26 Å². The van der Waals surface area contributed by atoms with Crippen molar-refractivity contribution >= 4 is 33.4 Å². The van der Waals surface area contributed by atoms with Crippen molar-refractivity contribution in [3.05, 3.63) is 58.5 Å². The molecule has 114 valence electrons. The van der Waals surface area contributed by atoms with Gasteiger partial charge in [0.15, 0.2) is 10.4 Å². The summed E-state index contributed by atoms with van der Waals surface area (Å²) in [5.74, 6) is 0.280. The van der Waals surface area contributed by atoms with Crippen molar-refractivity contribution in [2.75, 3.05) is 12.4 Å². The molecule has 0 aliphatic rings. The van der Waals surface area contributed by atoms with E-state index < -0.39 is 6.04 Å². The molecule has 1 atom stereocenters. The minimum Gasteiger partial charge on any atom is -0.444 e. The molecule has 0 unspecified atom stereocenters. The first-order valence-electron chi connectivity index (χ1n) is 6.74. The van der Waals surface area contributed by atoms with Gasteiger partial charge in [-0.3, -0.25) is 4.79 Å². The molecular weight excluding hydrogens is 368 g/mol. The quantitative estimate of drug-likeness (QED) is 0.698. The molecule has 0 aliphatic heterocycles. The highest BCUT2D eigenvalue weighted by Gasteiger charge is 2.27. The summed E-state index contributed by atoms with van der Waals surface area (Å²) in [4.78, 5) is 14.1. The number of rotatable bonds is 6. The summed E-state index contributed by atoms with van der Waals surface area (Å²) in [7, 11) is 0. The lowest BCUT2D eigenvalue weighted by atomic mass is 10.1. The lowest BCUT2D eigenvalue weighted by Crippen LogP contribution is -2.35. The summed E-state index contributed by atoms with van der Waals surface area (Å²) in [6.07, 6.45) is 0.597. The molecule has 0 fully saturated rings. The monoisotopic (exact) mass is 380 g/mol. The Kier molecular flexibility index (Phi) is 6.05. The second-order valence-electron chi connectivity index (χ2n) is 4.59. The van der Waals surface area contributed by atoms with Crippen molar-refractivity contribution in [1.82, 2.24) is 4.90 Å². The molecule has 22 heavy (non-hydrogen) atoms. The molecule has 0 N–H and O–H groups in total. The van der Waals surface area contributed by atoms with Crippen LogP contribution in [0.25, 0.3) is 0 Å². The Balaban J connectivity index is 2.32. The zero-order chi connectivity index (χ0) is 15.9. The Morgan fingerprint density at radius 2 is 2.05 bits per heavy atom. The predicted octanol–water partition coefficient (Wildman–Crippen LogP) is 4.38. The van der Waals surface area contributed by atoms with E-state index in [-0.39, 0.29) is 11.7 Å². The highest BCUT2D eigenvalue weighted by molar-refractivity contribution is 9.10. The van der Waals surface area contributed by atoms with Crippen molar-refractivity contribution in [3.63, 3.8) is 0 Å². The number of halogens is 2. The molecule has 2 rings (SSSR count). The molecule has 0 radical (unpaired) electrons. The molecule has 1 aromatic heterocycles. The van der Waals surface area contributed by atoms with Gasteiger partial charge in [0.05, 0.1) is 6.07 Å². The zero-order valence-corrected chi connectivity index (χ0v) is 14.0. The van der Waals surface area contributed by atoms with E-state index in [9.17, 15) is 10.1 Å². The van der Waals surface area contributed by atoms with Crippen LogP contribution in [0.2, 0.25) is 0 Å². The first kappa shape index (κ1) is 16.6. The predicted molar refractivity (Wildman–Crippen MR) is 87.6 cm³/mol. The van der Waals surface area contributed by atoms with Gasteiger partial charge in [-0.2, -0.15) is 5.26 Å². The van der Waals surface area contributed by atoms with Crippen LogP contribution in [-0.2, 0) is 0 Å². The minimum atomic E-state index is -0.680. The number of carbonyl (C=O) groups excluding carboxylic acids is 1. The maximum atomic E-state index is 12.7. The fraction of sp³-hybridized carbons (Fsp3) is 0.250. The lowest BCUT2D eigenvalue weighted by Gasteiger charge is -2.26. The van der Waals surface area contributed by atoms with Crippen molar-refractivity contribution < 1.29 is 9.21 Å². The van der Waals surface area contributed by atoms with Crippen LogP contribution in [0.5, 0.6) is 0 Å². The number of alkyl halides is 1. The number of amides is 1. The third kappa shape index (κ3) is 3.90. The minimum absolute atomic E-state index is 0.192. The largest absolute Gasteiger partial charge is 0.444 e. The SMILES string of the molecule is N#C[C@@H](c1ccccc1)N(CCCCl)C(=O)c1ccc(Br)o1. The average Bonchev–Trinajstić information content (AvgIpc) is 2.98. The second kappa shape index (κ2) is 8.02. The number of hydrogen-bond donors (Lipinski definition) is 0. The molecule has 1 heterocycles. The Morgan fingerprint density at radius 1 is 1.32 bits per heavy atom. The third-order valence-corrected chi connectivity index (χ3v) is 3.82. The van der Waals surface area contributed by atoms with Crippen LogP contribution in [0.15, 0.2) is 51.6 Å². The molecule has 0 saturated carbocycles. The van der Waals surface area contributed by atoms with Crippen LogP contribution in [0, 0.1) is 11.3 Å². The van der Waals surface area contributed by atoms with Gasteiger partial charge in [0.25, 0.3) is 5.91 Å². The fourth-order valence-corrected chi connectivity index (χ4v) is 2.53. The number of hydrogen-bond acceptors (Lipinski definition) is 3. The standard InChI is InChI=1S/C16H14BrClN2O2/c17-15-8-7-14(22-15)16(21)20(10-4-9-18)13(11-19)12-5-2-1-3-6-12/h1-3,5-8,13H,4,9-10H2/t13-/m0/s1. The maximum Gasteiger partial charge on any atom is 0.290 e. The number of benzene rings is 1. The van der Waals surface area contributed by atoms with E-state index in [0.717, 1.165) is 5.56 Å². The van der Waals surface area contributed by atoms with Gasteiger partial charge in [0.2, 0.25) is 0 Å².